The minimum Gasteiger partial charge on any atom is -0.422 e. The summed E-state index contributed by atoms with van der Waals surface area (Å²) in [6.45, 7) is 5.71. The normalized spacial score (nSPS) is 12.4. The highest BCUT2D eigenvalue weighted by Crippen LogP contribution is 2.22. The van der Waals surface area contributed by atoms with Crippen LogP contribution in [-0.2, 0) is 11.3 Å². The third-order valence-electron chi connectivity index (χ3n) is 3.07. The predicted molar refractivity (Wildman–Crippen MR) is 79.1 cm³/mol. The fourth-order valence-corrected chi connectivity index (χ4v) is 2.22. The van der Waals surface area contributed by atoms with Crippen molar-refractivity contribution in [3.05, 3.63) is 45.3 Å². The summed E-state index contributed by atoms with van der Waals surface area (Å²) in [7, 11) is 0. The molecule has 0 aliphatic heterocycles. The number of nitrogens with one attached hydrogen (secondary N) is 1. The lowest BCUT2D eigenvalue weighted by molar-refractivity contribution is -0.120. The van der Waals surface area contributed by atoms with E-state index in [9.17, 15) is 9.59 Å². The minimum atomic E-state index is -0.607. The Morgan fingerprint density at radius 2 is 2.05 bits per heavy atom. The van der Waals surface area contributed by atoms with E-state index in [1.165, 1.54) is 6.07 Å². The molecule has 1 N–H and O–H groups in total. The van der Waals surface area contributed by atoms with E-state index in [4.69, 9.17) is 16.0 Å². The van der Waals surface area contributed by atoms with Gasteiger partial charge in [0.15, 0.2) is 0 Å². The largest absolute Gasteiger partial charge is 0.422 e. The van der Waals surface area contributed by atoms with Gasteiger partial charge in [-0.2, -0.15) is 0 Å². The molecule has 1 heterocycles. The lowest BCUT2D eigenvalue weighted by Gasteiger charge is -2.10. The molecule has 1 atom stereocenters. The number of fused-ring (bicyclic) bond motifs is 1. The van der Waals surface area contributed by atoms with Crippen LogP contribution in [0.1, 0.15) is 23.6 Å². The van der Waals surface area contributed by atoms with Gasteiger partial charge in [0, 0.05) is 18.0 Å². The van der Waals surface area contributed by atoms with Crippen LogP contribution in [0.5, 0.6) is 0 Å². The van der Waals surface area contributed by atoms with Crippen LogP contribution in [0.4, 0.5) is 0 Å². The van der Waals surface area contributed by atoms with Crippen molar-refractivity contribution >= 4 is 28.5 Å². The molecule has 2 rings (SSSR count). The van der Waals surface area contributed by atoms with Crippen molar-refractivity contribution in [1.82, 2.24) is 5.32 Å². The van der Waals surface area contributed by atoms with Crippen LogP contribution in [-0.4, -0.2) is 11.3 Å². The Morgan fingerprint density at radius 1 is 1.35 bits per heavy atom. The number of halogens is 1. The van der Waals surface area contributed by atoms with Crippen LogP contribution in [0.3, 0.4) is 0 Å². The van der Waals surface area contributed by atoms with Crippen LogP contribution >= 0.6 is 11.6 Å². The fraction of sp³-hybridized carbons (Fsp3) is 0.333. The average molecular weight is 294 g/mol. The summed E-state index contributed by atoms with van der Waals surface area (Å²) in [4.78, 5) is 23.1. The summed E-state index contributed by atoms with van der Waals surface area (Å²) in [6.07, 6.45) is 0. The van der Waals surface area contributed by atoms with Crippen LogP contribution in [0.2, 0.25) is 0 Å². The number of carbonyl (C=O) groups excluding carboxylic acids is 1. The molecule has 0 aliphatic rings. The van der Waals surface area contributed by atoms with Crippen molar-refractivity contribution in [1.29, 1.82) is 0 Å². The van der Waals surface area contributed by atoms with E-state index in [0.29, 0.717) is 5.58 Å². The summed E-state index contributed by atoms with van der Waals surface area (Å²) in [5.41, 5.74) is 2.84. The van der Waals surface area contributed by atoms with Gasteiger partial charge < -0.3 is 9.73 Å². The second-order valence-corrected chi connectivity index (χ2v) is 5.54. The minimum absolute atomic E-state index is 0.251. The molecular weight excluding hydrogens is 278 g/mol. The van der Waals surface area contributed by atoms with Crippen LogP contribution in [0.25, 0.3) is 11.0 Å². The molecule has 4 nitrogen and oxygen atoms in total. The summed E-state index contributed by atoms with van der Waals surface area (Å²) in [5.74, 6) is -0.266. The highest BCUT2D eigenvalue weighted by molar-refractivity contribution is 6.30. The Balaban J connectivity index is 2.47. The molecule has 0 saturated carbocycles. The topological polar surface area (TPSA) is 59.3 Å². The van der Waals surface area contributed by atoms with Gasteiger partial charge in [0.2, 0.25) is 5.91 Å². The third-order valence-corrected chi connectivity index (χ3v) is 3.27. The number of amides is 1. The Kier molecular flexibility index (Phi) is 4.14. The first-order valence-corrected chi connectivity index (χ1v) is 6.78. The van der Waals surface area contributed by atoms with E-state index >= 15 is 0 Å². The quantitative estimate of drug-likeness (QED) is 0.699. The molecule has 20 heavy (non-hydrogen) atoms. The van der Waals surface area contributed by atoms with E-state index in [0.717, 1.165) is 22.1 Å². The van der Waals surface area contributed by atoms with Crippen LogP contribution in [0, 0.1) is 13.8 Å². The van der Waals surface area contributed by atoms with E-state index in [-0.39, 0.29) is 12.5 Å². The molecule has 0 saturated heterocycles. The van der Waals surface area contributed by atoms with E-state index in [1.54, 1.807) is 6.92 Å². The SMILES string of the molecule is Cc1cc(C)c2oc(=O)cc(CNC(=O)C(C)Cl)c2c1. The first-order valence-electron chi connectivity index (χ1n) is 6.34. The maximum absolute atomic E-state index is 11.6. The molecule has 1 aromatic carbocycles. The van der Waals surface area contributed by atoms with E-state index < -0.39 is 11.0 Å². The zero-order valence-electron chi connectivity index (χ0n) is 11.6. The molecule has 0 radical (unpaired) electrons. The van der Waals surface area contributed by atoms with Gasteiger partial charge in [0.25, 0.3) is 0 Å². The van der Waals surface area contributed by atoms with Crippen molar-refractivity contribution in [3.63, 3.8) is 0 Å². The number of carbonyl (C=O) groups is 1. The molecule has 0 spiro atoms. The van der Waals surface area contributed by atoms with Crippen LogP contribution < -0.4 is 10.9 Å². The lowest BCUT2D eigenvalue weighted by atomic mass is 10.0. The number of hydrogen-bond acceptors (Lipinski definition) is 3. The predicted octanol–water partition coefficient (Wildman–Crippen LogP) is 2.65. The lowest BCUT2D eigenvalue weighted by Crippen LogP contribution is -2.29. The number of hydrogen-bond donors (Lipinski definition) is 1. The number of aryl methyl sites for hydroxylation is 2. The Labute approximate surface area is 121 Å². The van der Waals surface area contributed by atoms with Crippen molar-refractivity contribution < 1.29 is 9.21 Å². The van der Waals surface area contributed by atoms with Gasteiger partial charge in [-0.1, -0.05) is 6.07 Å². The molecule has 0 fully saturated rings. The number of alkyl halides is 1. The zero-order valence-corrected chi connectivity index (χ0v) is 12.4. The van der Waals surface area contributed by atoms with Crippen molar-refractivity contribution in [2.24, 2.45) is 0 Å². The smallest absolute Gasteiger partial charge is 0.336 e. The molecule has 0 bridgehead atoms. The summed E-state index contributed by atoms with van der Waals surface area (Å²) >= 11 is 5.70. The summed E-state index contributed by atoms with van der Waals surface area (Å²) in [6, 6.07) is 5.30. The second kappa shape index (κ2) is 5.67. The first kappa shape index (κ1) is 14.6. The molecule has 1 amide bonds. The number of benzene rings is 1. The molecule has 0 aliphatic carbocycles. The standard InChI is InChI=1S/C15H16ClNO3/c1-8-4-9(2)14-12(5-8)11(6-13(18)20-14)7-17-15(19)10(3)16/h4-6,10H,7H2,1-3H3,(H,17,19). The molecule has 2 aromatic rings. The highest BCUT2D eigenvalue weighted by Gasteiger charge is 2.12. The maximum Gasteiger partial charge on any atom is 0.336 e. The van der Waals surface area contributed by atoms with Crippen molar-refractivity contribution in [2.75, 3.05) is 0 Å². The first-order chi connectivity index (χ1) is 9.38. The fourth-order valence-electron chi connectivity index (χ4n) is 2.15. The van der Waals surface area contributed by atoms with Gasteiger partial charge in [-0.3, -0.25) is 4.79 Å². The van der Waals surface area contributed by atoms with Gasteiger partial charge in [-0.05, 0) is 43.5 Å². The highest BCUT2D eigenvalue weighted by atomic mass is 35.5. The Hall–Kier alpha value is -1.81. The molecule has 106 valence electrons. The van der Waals surface area contributed by atoms with Gasteiger partial charge in [-0.15, -0.1) is 11.6 Å². The van der Waals surface area contributed by atoms with Crippen LogP contribution in [0.15, 0.2) is 27.4 Å². The summed E-state index contributed by atoms with van der Waals surface area (Å²) in [5, 5.41) is 2.94. The van der Waals surface area contributed by atoms with Crippen molar-refractivity contribution in [3.8, 4) is 0 Å². The van der Waals surface area contributed by atoms with E-state index in [1.807, 2.05) is 26.0 Å². The second-order valence-electron chi connectivity index (χ2n) is 4.88. The van der Waals surface area contributed by atoms with Gasteiger partial charge in [-0.25, -0.2) is 4.79 Å². The van der Waals surface area contributed by atoms with Crippen molar-refractivity contribution in [2.45, 2.75) is 32.7 Å². The molecular formula is C15H16ClNO3. The Bertz CT molecular complexity index is 719. The Morgan fingerprint density at radius 3 is 2.70 bits per heavy atom. The molecule has 5 heteroatoms. The average Bonchev–Trinajstić information content (AvgIpc) is 2.36. The third kappa shape index (κ3) is 3.02. The van der Waals surface area contributed by atoms with Gasteiger partial charge in [0.05, 0.1) is 0 Å². The zero-order chi connectivity index (χ0) is 14.9. The monoisotopic (exact) mass is 293 g/mol. The molecule has 1 unspecified atom stereocenters. The number of rotatable bonds is 3. The van der Waals surface area contributed by atoms with Gasteiger partial charge >= 0.3 is 5.63 Å². The molecule has 1 aromatic heterocycles. The summed E-state index contributed by atoms with van der Waals surface area (Å²) < 4.78 is 5.25. The van der Waals surface area contributed by atoms with Gasteiger partial charge in [0.1, 0.15) is 11.0 Å². The van der Waals surface area contributed by atoms with E-state index in [2.05, 4.69) is 5.32 Å². The maximum atomic E-state index is 11.6.